The van der Waals surface area contributed by atoms with E-state index < -0.39 is 0 Å². The minimum Gasteiger partial charge on any atom is -0.494 e. The zero-order valence-corrected chi connectivity index (χ0v) is 23.4. The van der Waals surface area contributed by atoms with Crippen molar-refractivity contribution >= 4 is 46.0 Å². The number of nitrogens with one attached hydrogen (secondary N) is 2. The Hall–Kier alpha value is -5.19. The minimum atomic E-state index is -0.316. The molecular weight excluding hydrogens is 520 g/mol. The Morgan fingerprint density at radius 3 is 2.88 bits per heavy atom. The summed E-state index contributed by atoms with van der Waals surface area (Å²) in [6.45, 7) is 8.59. The van der Waals surface area contributed by atoms with Crippen LogP contribution in [0.5, 0.6) is 11.5 Å². The fourth-order valence-electron chi connectivity index (χ4n) is 4.54. The third kappa shape index (κ3) is 6.19. The van der Waals surface area contributed by atoms with Crippen molar-refractivity contribution in [1.82, 2.24) is 19.7 Å². The molecule has 0 fully saturated rings. The molecule has 0 unspecified atom stereocenters. The van der Waals surface area contributed by atoms with Crippen LogP contribution in [0.25, 0.3) is 16.7 Å². The number of hydrogen-bond donors (Lipinski definition) is 2. The topological polar surface area (TPSA) is 109 Å². The molecule has 3 heterocycles. The maximum absolute atomic E-state index is 12.3. The molecule has 0 spiro atoms. The molecule has 2 aromatic carbocycles. The first kappa shape index (κ1) is 27.4. The Balaban J connectivity index is 1.44. The molecule has 2 N–H and O–H groups in total. The number of benzene rings is 2. The maximum atomic E-state index is 12.3. The summed E-state index contributed by atoms with van der Waals surface area (Å²) in [5.74, 6) is 1.97. The second-order valence-electron chi connectivity index (χ2n) is 9.33. The number of rotatable bonds is 12. The zero-order chi connectivity index (χ0) is 28.8. The summed E-state index contributed by atoms with van der Waals surface area (Å²) < 4.78 is 15.3. The van der Waals surface area contributed by atoms with Crippen LogP contribution in [0, 0.1) is 0 Å². The predicted molar refractivity (Wildman–Crippen MR) is 161 cm³/mol. The molecule has 0 saturated heterocycles. The van der Waals surface area contributed by atoms with Gasteiger partial charge in [-0.05, 0) is 43.3 Å². The highest BCUT2D eigenvalue weighted by molar-refractivity contribution is 6.02. The van der Waals surface area contributed by atoms with Gasteiger partial charge in [-0.15, -0.1) is 0 Å². The number of amides is 1. The number of fused-ring (bicyclic) bond motifs is 1. The van der Waals surface area contributed by atoms with E-state index in [9.17, 15) is 4.79 Å². The largest absolute Gasteiger partial charge is 0.494 e. The Morgan fingerprint density at radius 2 is 2.12 bits per heavy atom. The number of likely N-dealkylation sites (N-methyl/N-ethyl adjacent to an activating group) is 1. The molecule has 1 amide bonds. The number of nitrogens with zero attached hydrogens (tertiary/aromatic N) is 6. The number of anilines is 4. The van der Waals surface area contributed by atoms with Crippen molar-refractivity contribution in [3.8, 4) is 17.3 Å². The van der Waals surface area contributed by atoms with Crippen LogP contribution >= 0.6 is 0 Å². The van der Waals surface area contributed by atoms with Crippen molar-refractivity contribution in [3.63, 3.8) is 0 Å². The van der Waals surface area contributed by atoms with Crippen LogP contribution in [0.2, 0.25) is 0 Å². The quantitative estimate of drug-likeness (QED) is 0.199. The average molecular weight is 554 g/mol. The molecule has 11 nitrogen and oxygen atoms in total. The lowest BCUT2D eigenvalue weighted by atomic mass is 10.2. The maximum Gasteiger partial charge on any atom is 0.247 e. The van der Waals surface area contributed by atoms with E-state index in [1.165, 1.54) is 6.08 Å². The Kier molecular flexibility index (Phi) is 8.23. The number of carbonyl (C=O) groups is 1. The van der Waals surface area contributed by atoms with Gasteiger partial charge in [-0.25, -0.2) is 14.2 Å². The van der Waals surface area contributed by atoms with E-state index in [2.05, 4.69) is 49.1 Å². The van der Waals surface area contributed by atoms with Gasteiger partial charge in [0.1, 0.15) is 11.5 Å². The Morgan fingerprint density at radius 1 is 1.24 bits per heavy atom. The van der Waals surface area contributed by atoms with Gasteiger partial charge in [-0.3, -0.25) is 4.79 Å². The van der Waals surface area contributed by atoms with Crippen molar-refractivity contribution in [2.24, 2.45) is 0 Å². The first-order valence-electron chi connectivity index (χ1n) is 13.3. The molecular formula is C30H33N8O3+. The van der Waals surface area contributed by atoms with E-state index in [-0.39, 0.29) is 5.91 Å². The summed E-state index contributed by atoms with van der Waals surface area (Å²) >= 11 is 0. The van der Waals surface area contributed by atoms with Gasteiger partial charge in [0.25, 0.3) is 0 Å². The first-order valence-corrected chi connectivity index (χ1v) is 13.3. The third-order valence-electron chi connectivity index (χ3n) is 6.62. The lowest BCUT2D eigenvalue weighted by Gasteiger charge is -2.24. The number of hydrogen-bond acceptors (Lipinski definition) is 8. The highest BCUT2D eigenvalue weighted by Gasteiger charge is 2.18. The molecule has 0 saturated carbocycles. The van der Waals surface area contributed by atoms with E-state index in [1.54, 1.807) is 30.3 Å². The molecule has 2 aromatic heterocycles. The lowest BCUT2D eigenvalue weighted by molar-refractivity contribution is -0.506. The SMILES string of the molecule is C=CC(=O)Nc1cc(Nc2nccc(-n3ncc4cc(OCC)ccc43)n2)c(OC)cc1N(C)CC[N+]1=CC=CC1. The van der Waals surface area contributed by atoms with Crippen LogP contribution in [-0.2, 0) is 4.79 Å². The number of ether oxygens (including phenoxy) is 2. The van der Waals surface area contributed by atoms with E-state index in [0.717, 1.165) is 42.0 Å². The molecule has 0 bridgehead atoms. The number of methoxy groups -OCH3 is 1. The van der Waals surface area contributed by atoms with E-state index >= 15 is 0 Å². The summed E-state index contributed by atoms with van der Waals surface area (Å²) in [6.07, 6.45) is 10.9. The highest BCUT2D eigenvalue weighted by Crippen LogP contribution is 2.38. The van der Waals surface area contributed by atoms with Crippen molar-refractivity contribution < 1.29 is 18.8 Å². The number of allylic oxidation sites excluding steroid dienone is 1. The van der Waals surface area contributed by atoms with Gasteiger partial charge in [0.15, 0.2) is 25.1 Å². The number of carbonyl (C=O) groups excluding carboxylic acids is 1. The average Bonchev–Trinajstić information content (AvgIpc) is 3.66. The molecule has 1 aliphatic rings. The second-order valence-corrected chi connectivity index (χ2v) is 9.33. The van der Waals surface area contributed by atoms with Crippen molar-refractivity contribution in [1.29, 1.82) is 0 Å². The molecule has 41 heavy (non-hydrogen) atoms. The molecule has 5 rings (SSSR count). The predicted octanol–water partition coefficient (Wildman–Crippen LogP) is 4.18. The monoisotopic (exact) mass is 553 g/mol. The van der Waals surface area contributed by atoms with Gasteiger partial charge in [0, 0.05) is 36.8 Å². The van der Waals surface area contributed by atoms with Crippen LogP contribution in [0.1, 0.15) is 6.92 Å². The van der Waals surface area contributed by atoms with Crippen LogP contribution in [0.15, 0.2) is 73.6 Å². The first-order chi connectivity index (χ1) is 20.0. The lowest BCUT2D eigenvalue weighted by Crippen LogP contribution is -2.28. The van der Waals surface area contributed by atoms with Crippen LogP contribution in [0.3, 0.4) is 0 Å². The Labute approximate surface area is 238 Å². The molecule has 1 aliphatic heterocycles. The van der Waals surface area contributed by atoms with Gasteiger partial charge in [0.2, 0.25) is 11.9 Å². The summed E-state index contributed by atoms with van der Waals surface area (Å²) in [6, 6.07) is 11.3. The molecule has 0 radical (unpaired) electrons. The minimum absolute atomic E-state index is 0.316. The highest BCUT2D eigenvalue weighted by atomic mass is 16.5. The van der Waals surface area contributed by atoms with Gasteiger partial charge in [-0.1, -0.05) is 6.58 Å². The van der Waals surface area contributed by atoms with Crippen LogP contribution in [0.4, 0.5) is 23.0 Å². The van der Waals surface area contributed by atoms with Crippen LogP contribution in [-0.4, -0.2) is 76.8 Å². The zero-order valence-electron chi connectivity index (χ0n) is 23.4. The van der Waals surface area contributed by atoms with Crippen molar-refractivity contribution in [3.05, 3.63) is 73.6 Å². The fourth-order valence-corrected chi connectivity index (χ4v) is 4.54. The van der Waals surface area contributed by atoms with E-state index in [4.69, 9.17) is 14.5 Å². The van der Waals surface area contributed by atoms with Crippen molar-refractivity contribution in [2.45, 2.75) is 6.92 Å². The Bertz CT molecular complexity index is 1640. The summed E-state index contributed by atoms with van der Waals surface area (Å²) in [4.78, 5) is 23.5. The molecule has 4 aromatic rings. The molecule has 11 heteroatoms. The summed E-state index contributed by atoms with van der Waals surface area (Å²) in [5.41, 5.74) is 2.88. The molecule has 210 valence electrons. The standard InChI is InChI=1S/C30H32N8O3/c1-5-29(39)33-23-18-24(27(40-4)19-26(23)36(3)15-16-37-13-7-8-14-37)34-30-31-12-11-28(35-30)38-25-10-9-22(41-6-2)17-21(25)20-32-38/h5,7-13,17-20H,1,6,14-16H2,2-4H3,(H-,31,33,34,35,39)/p+1. The van der Waals surface area contributed by atoms with Gasteiger partial charge in [-0.2, -0.15) is 10.1 Å². The summed E-state index contributed by atoms with van der Waals surface area (Å²) in [5, 5.41) is 11.6. The van der Waals surface area contributed by atoms with Crippen molar-refractivity contribution in [2.75, 3.05) is 55.9 Å². The normalized spacial score (nSPS) is 12.2. The third-order valence-corrected chi connectivity index (χ3v) is 6.62. The fraction of sp³-hybridized carbons (Fsp3) is 0.233. The smallest absolute Gasteiger partial charge is 0.247 e. The molecule has 0 aliphatic carbocycles. The van der Waals surface area contributed by atoms with Gasteiger partial charge in [0.05, 0.1) is 49.0 Å². The second kappa shape index (κ2) is 12.3. The van der Waals surface area contributed by atoms with Crippen LogP contribution < -0.4 is 25.0 Å². The van der Waals surface area contributed by atoms with Gasteiger partial charge < -0.3 is 25.0 Å². The number of aromatic nitrogens is 4. The summed E-state index contributed by atoms with van der Waals surface area (Å²) in [7, 11) is 3.58. The molecule has 0 atom stereocenters. The van der Waals surface area contributed by atoms with E-state index in [0.29, 0.717) is 35.5 Å². The van der Waals surface area contributed by atoms with Gasteiger partial charge >= 0.3 is 0 Å². The van der Waals surface area contributed by atoms with E-state index in [1.807, 2.05) is 50.4 Å².